The fraction of sp³-hybridized carbons (Fsp3) is 0.353. The molecule has 0 saturated carbocycles. The molecular weight excluding hydrogens is 248 g/mol. The average Bonchev–Trinajstić information content (AvgIpc) is 2.85. The standard InChI is InChI=1S/C17H20N2O/c1-12(18)7-13-8-17(11-19-10-13)20-16-6-5-14-3-2-4-15(14)9-16/h5-6,8-12H,2-4,7,18H2,1H3. The van der Waals surface area contributed by atoms with Crippen LogP contribution in [0.25, 0.3) is 0 Å². The van der Waals surface area contributed by atoms with E-state index < -0.39 is 0 Å². The molecule has 0 bridgehead atoms. The lowest BCUT2D eigenvalue weighted by Gasteiger charge is -2.10. The fourth-order valence-electron chi connectivity index (χ4n) is 2.75. The van der Waals surface area contributed by atoms with Gasteiger partial charge in [-0.25, -0.2) is 0 Å². The van der Waals surface area contributed by atoms with Gasteiger partial charge >= 0.3 is 0 Å². The van der Waals surface area contributed by atoms with Crippen molar-refractivity contribution >= 4 is 0 Å². The van der Waals surface area contributed by atoms with Gasteiger partial charge in [0, 0.05) is 12.2 Å². The average molecular weight is 268 g/mol. The predicted octanol–water partition coefficient (Wildman–Crippen LogP) is 3.25. The van der Waals surface area contributed by atoms with Crippen molar-refractivity contribution in [3.05, 3.63) is 53.3 Å². The van der Waals surface area contributed by atoms with Gasteiger partial charge in [-0.05, 0) is 67.5 Å². The summed E-state index contributed by atoms with van der Waals surface area (Å²) in [4.78, 5) is 4.23. The maximum Gasteiger partial charge on any atom is 0.145 e. The van der Waals surface area contributed by atoms with Crippen molar-refractivity contribution in [2.24, 2.45) is 5.73 Å². The molecule has 1 unspecified atom stereocenters. The van der Waals surface area contributed by atoms with Crippen LogP contribution >= 0.6 is 0 Å². The quantitative estimate of drug-likeness (QED) is 0.926. The number of fused-ring (bicyclic) bond motifs is 1. The summed E-state index contributed by atoms with van der Waals surface area (Å²) >= 11 is 0. The molecular formula is C17H20N2O. The Morgan fingerprint density at radius 3 is 2.85 bits per heavy atom. The number of nitrogens with two attached hydrogens (primary N) is 1. The van der Waals surface area contributed by atoms with Gasteiger partial charge in [-0.15, -0.1) is 0 Å². The minimum absolute atomic E-state index is 0.132. The molecule has 0 aliphatic heterocycles. The zero-order valence-electron chi connectivity index (χ0n) is 11.8. The summed E-state index contributed by atoms with van der Waals surface area (Å²) in [5.74, 6) is 1.67. The van der Waals surface area contributed by atoms with E-state index in [1.54, 1.807) is 6.20 Å². The number of nitrogens with zero attached hydrogens (tertiary/aromatic N) is 1. The first-order chi connectivity index (χ1) is 9.70. The normalized spacial score (nSPS) is 14.9. The smallest absolute Gasteiger partial charge is 0.145 e. The Hall–Kier alpha value is -1.87. The highest BCUT2D eigenvalue weighted by atomic mass is 16.5. The second-order valence-electron chi connectivity index (χ2n) is 5.60. The van der Waals surface area contributed by atoms with Crippen LogP contribution < -0.4 is 10.5 Å². The summed E-state index contributed by atoms with van der Waals surface area (Å²) < 4.78 is 5.92. The van der Waals surface area contributed by atoms with Crippen LogP contribution in [0.1, 0.15) is 30.0 Å². The molecule has 0 saturated heterocycles. The van der Waals surface area contributed by atoms with Crippen LogP contribution in [0.15, 0.2) is 36.7 Å². The van der Waals surface area contributed by atoms with E-state index in [0.29, 0.717) is 0 Å². The third-order valence-corrected chi connectivity index (χ3v) is 3.63. The highest BCUT2D eigenvalue weighted by Crippen LogP contribution is 2.29. The Labute approximate surface area is 119 Å². The number of pyridine rings is 1. The molecule has 1 aromatic heterocycles. The molecule has 1 aliphatic carbocycles. The zero-order valence-corrected chi connectivity index (χ0v) is 11.8. The summed E-state index contributed by atoms with van der Waals surface area (Å²) in [5.41, 5.74) is 9.81. The van der Waals surface area contributed by atoms with Gasteiger partial charge in [-0.3, -0.25) is 4.98 Å². The molecule has 104 valence electrons. The van der Waals surface area contributed by atoms with Crippen molar-refractivity contribution in [2.45, 2.75) is 38.6 Å². The van der Waals surface area contributed by atoms with E-state index in [1.807, 2.05) is 25.3 Å². The Morgan fingerprint density at radius 1 is 1.15 bits per heavy atom. The maximum atomic E-state index is 5.92. The van der Waals surface area contributed by atoms with Crippen molar-refractivity contribution < 1.29 is 4.74 Å². The van der Waals surface area contributed by atoms with Crippen LogP contribution in [0.3, 0.4) is 0 Å². The second-order valence-corrected chi connectivity index (χ2v) is 5.60. The SMILES string of the molecule is CC(N)Cc1cncc(Oc2ccc3c(c2)CCC3)c1. The van der Waals surface area contributed by atoms with E-state index in [0.717, 1.165) is 29.9 Å². The molecule has 20 heavy (non-hydrogen) atoms. The van der Waals surface area contributed by atoms with Crippen LogP contribution in [0.2, 0.25) is 0 Å². The lowest BCUT2D eigenvalue weighted by molar-refractivity contribution is 0.478. The molecule has 0 spiro atoms. The molecule has 0 fully saturated rings. The molecule has 2 N–H and O–H groups in total. The molecule has 1 aromatic carbocycles. The summed E-state index contributed by atoms with van der Waals surface area (Å²) in [5, 5.41) is 0. The largest absolute Gasteiger partial charge is 0.456 e. The van der Waals surface area contributed by atoms with Crippen LogP contribution in [-0.2, 0) is 19.3 Å². The Morgan fingerprint density at radius 2 is 2.00 bits per heavy atom. The van der Waals surface area contributed by atoms with Gasteiger partial charge in [0.2, 0.25) is 0 Å². The summed E-state index contributed by atoms with van der Waals surface area (Å²) in [6.45, 7) is 1.99. The minimum Gasteiger partial charge on any atom is -0.456 e. The van der Waals surface area contributed by atoms with E-state index in [1.165, 1.54) is 24.0 Å². The van der Waals surface area contributed by atoms with E-state index in [2.05, 4.69) is 17.1 Å². The summed E-state index contributed by atoms with van der Waals surface area (Å²) in [7, 11) is 0. The molecule has 0 radical (unpaired) electrons. The van der Waals surface area contributed by atoms with Crippen molar-refractivity contribution in [2.75, 3.05) is 0 Å². The molecule has 1 atom stereocenters. The van der Waals surface area contributed by atoms with E-state index in [4.69, 9.17) is 10.5 Å². The molecule has 3 heteroatoms. The number of aryl methyl sites for hydroxylation is 2. The lowest BCUT2D eigenvalue weighted by atomic mass is 10.1. The molecule has 3 rings (SSSR count). The fourth-order valence-corrected chi connectivity index (χ4v) is 2.75. The first kappa shape index (κ1) is 13.1. The highest BCUT2D eigenvalue weighted by molar-refractivity contribution is 5.40. The van der Waals surface area contributed by atoms with Crippen molar-refractivity contribution in [3.63, 3.8) is 0 Å². The molecule has 1 aliphatic rings. The van der Waals surface area contributed by atoms with Crippen LogP contribution in [0.5, 0.6) is 11.5 Å². The number of hydrogen-bond donors (Lipinski definition) is 1. The number of ether oxygens (including phenoxy) is 1. The van der Waals surface area contributed by atoms with E-state index in [9.17, 15) is 0 Å². The van der Waals surface area contributed by atoms with Gasteiger partial charge in [-0.2, -0.15) is 0 Å². The van der Waals surface area contributed by atoms with E-state index >= 15 is 0 Å². The number of rotatable bonds is 4. The molecule has 0 amide bonds. The van der Waals surface area contributed by atoms with Gasteiger partial charge in [0.05, 0.1) is 6.20 Å². The van der Waals surface area contributed by atoms with Gasteiger partial charge in [-0.1, -0.05) is 6.07 Å². The first-order valence-corrected chi connectivity index (χ1v) is 7.20. The second kappa shape index (κ2) is 5.63. The van der Waals surface area contributed by atoms with E-state index in [-0.39, 0.29) is 6.04 Å². The molecule has 2 aromatic rings. The third kappa shape index (κ3) is 2.99. The zero-order chi connectivity index (χ0) is 13.9. The van der Waals surface area contributed by atoms with Crippen LogP contribution in [0, 0.1) is 0 Å². The maximum absolute atomic E-state index is 5.92. The Bertz CT molecular complexity index is 608. The van der Waals surface area contributed by atoms with Gasteiger partial charge in [0.1, 0.15) is 11.5 Å². The van der Waals surface area contributed by atoms with Gasteiger partial charge in [0.25, 0.3) is 0 Å². The minimum atomic E-state index is 0.132. The van der Waals surface area contributed by atoms with Crippen LogP contribution in [-0.4, -0.2) is 11.0 Å². The first-order valence-electron chi connectivity index (χ1n) is 7.20. The predicted molar refractivity (Wildman–Crippen MR) is 80.1 cm³/mol. The van der Waals surface area contributed by atoms with Crippen molar-refractivity contribution in [1.82, 2.24) is 4.98 Å². The molecule has 1 heterocycles. The summed E-state index contributed by atoms with van der Waals surface area (Å²) in [6, 6.07) is 8.52. The number of hydrogen-bond acceptors (Lipinski definition) is 3. The molecule has 3 nitrogen and oxygen atoms in total. The van der Waals surface area contributed by atoms with Gasteiger partial charge < -0.3 is 10.5 Å². The monoisotopic (exact) mass is 268 g/mol. The number of aromatic nitrogens is 1. The Kier molecular flexibility index (Phi) is 3.70. The van der Waals surface area contributed by atoms with Gasteiger partial charge in [0.15, 0.2) is 0 Å². The highest BCUT2D eigenvalue weighted by Gasteiger charge is 2.11. The van der Waals surface area contributed by atoms with Crippen molar-refractivity contribution in [3.8, 4) is 11.5 Å². The number of benzene rings is 1. The van der Waals surface area contributed by atoms with Crippen molar-refractivity contribution in [1.29, 1.82) is 0 Å². The van der Waals surface area contributed by atoms with Crippen LogP contribution in [0.4, 0.5) is 0 Å². The topological polar surface area (TPSA) is 48.1 Å². The lowest BCUT2D eigenvalue weighted by Crippen LogP contribution is -2.17. The third-order valence-electron chi connectivity index (χ3n) is 3.63. The summed E-state index contributed by atoms with van der Waals surface area (Å²) in [6.07, 6.45) is 8.02. The Balaban J connectivity index is 1.77.